The molecule has 0 unspecified atom stereocenters. The average molecular weight is 517 g/mol. The van der Waals surface area contributed by atoms with Crippen molar-refractivity contribution in [1.29, 1.82) is 0 Å². The fraction of sp³-hybridized carbons (Fsp3) is 0.345. The van der Waals surface area contributed by atoms with E-state index in [-0.39, 0.29) is 11.6 Å². The number of hydrogen-bond donors (Lipinski definition) is 1. The van der Waals surface area contributed by atoms with E-state index in [0.29, 0.717) is 30.3 Å². The quantitative estimate of drug-likeness (QED) is 0.425. The first-order chi connectivity index (χ1) is 18.5. The Morgan fingerprint density at radius 2 is 1.82 bits per heavy atom. The van der Waals surface area contributed by atoms with Crippen LogP contribution in [0.4, 0.5) is 0 Å². The predicted molar refractivity (Wildman–Crippen MR) is 142 cm³/mol. The highest BCUT2D eigenvalue weighted by molar-refractivity contribution is 5.87. The van der Waals surface area contributed by atoms with E-state index in [4.69, 9.17) is 19.4 Å². The summed E-state index contributed by atoms with van der Waals surface area (Å²) in [6.45, 7) is 5.28. The summed E-state index contributed by atoms with van der Waals surface area (Å²) in [4.78, 5) is 25.5. The Morgan fingerprint density at radius 3 is 2.47 bits per heavy atom. The summed E-state index contributed by atoms with van der Waals surface area (Å²) in [5.41, 5.74) is 3.51. The fourth-order valence-electron chi connectivity index (χ4n) is 5.11. The molecular formula is C29H32N4O5. The van der Waals surface area contributed by atoms with Gasteiger partial charge in [-0.25, -0.2) is 9.78 Å². The number of aryl methyl sites for hydroxylation is 1. The minimum absolute atomic E-state index is 0.126. The van der Waals surface area contributed by atoms with Crippen molar-refractivity contribution in [3.05, 3.63) is 89.1 Å². The number of carboxylic acid groups (broad SMARTS) is 1. The number of benzene rings is 2. The van der Waals surface area contributed by atoms with E-state index in [1.165, 1.54) is 17.7 Å². The van der Waals surface area contributed by atoms with E-state index < -0.39 is 5.97 Å². The number of pyridine rings is 1. The van der Waals surface area contributed by atoms with E-state index in [1.807, 2.05) is 19.1 Å². The molecule has 5 rings (SSSR count). The normalized spacial score (nSPS) is 19.4. The van der Waals surface area contributed by atoms with Crippen LogP contribution in [0.2, 0.25) is 0 Å². The van der Waals surface area contributed by atoms with Gasteiger partial charge >= 0.3 is 12.0 Å². The molecule has 1 aromatic heterocycles. The highest BCUT2D eigenvalue weighted by Crippen LogP contribution is 2.33. The molecule has 1 atom stereocenters. The number of likely N-dealkylation sites (tertiary alicyclic amines) is 1. The van der Waals surface area contributed by atoms with E-state index in [9.17, 15) is 4.79 Å². The summed E-state index contributed by atoms with van der Waals surface area (Å²) in [5, 5.41) is 13.2. The van der Waals surface area contributed by atoms with Crippen LogP contribution in [0.3, 0.4) is 0 Å². The zero-order valence-electron chi connectivity index (χ0n) is 21.6. The molecule has 9 heteroatoms. The zero-order chi connectivity index (χ0) is 26.5. The number of oxime groups is 1. The number of aromatic carboxylic acids is 1. The standard InChI is InChI=1S/C29H32N4O5/c1-20-23(10-13-27(30-20)38-25-11-8-22(9-12-25)28(34)35)18-32-16-14-24(15-17-32)33-26(19-37-29(33)31-36-2)21-6-4-3-5-7-21/h3-13,24,26H,14-19H2,1-2H3,(H,34,35)/b31-29+/t26-/m0/s1. The van der Waals surface area contributed by atoms with Gasteiger partial charge in [0.2, 0.25) is 5.88 Å². The Kier molecular flexibility index (Phi) is 7.74. The molecule has 198 valence electrons. The minimum atomic E-state index is -0.966. The molecule has 9 nitrogen and oxygen atoms in total. The van der Waals surface area contributed by atoms with Gasteiger partial charge in [0, 0.05) is 37.4 Å². The maximum atomic E-state index is 11.0. The Hall–Kier alpha value is -4.11. The van der Waals surface area contributed by atoms with Gasteiger partial charge in [0.25, 0.3) is 0 Å². The lowest BCUT2D eigenvalue weighted by atomic mass is 9.98. The third-order valence-electron chi connectivity index (χ3n) is 7.12. The van der Waals surface area contributed by atoms with Crippen molar-refractivity contribution in [3.8, 4) is 11.6 Å². The number of nitrogens with zero attached hydrogens (tertiary/aromatic N) is 4. The van der Waals surface area contributed by atoms with Crippen molar-refractivity contribution < 1.29 is 24.2 Å². The maximum Gasteiger partial charge on any atom is 0.335 e. The lowest BCUT2D eigenvalue weighted by Crippen LogP contribution is -2.46. The number of rotatable bonds is 8. The Labute approximate surface area is 222 Å². The second kappa shape index (κ2) is 11.5. The molecule has 2 fully saturated rings. The second-order valence-corrected chi connectivity index (χ2v) is 9.53. The van der Waals surface area contributed by atoms with E-state index in [1.54, 1.807) is 19.2 Å². The largest absolute Gasteiger partial charge is 0.478 e. The second-order valence-electron chi connectivity index (χ2n) is 9.53. The molecule has 0 saturated carbocycles. The van der Waals surface area contributed by atoms with Crippen LogP contribution in [0.5, 0.6) is 11.6 Å². The number of amidine groups is 1. The summed E-state index contributed by atoms with van der Waals surface area (Å²) in [7, 11) is 1.55. The van der Waals surface area contributed by atoms with Crippen molar-refractivity contribution in [1.82, 2.24) is 14.8 Å². The smallest absolute Gasteiger partial charge is 0.335 e. The highest BCUT2D eigenvalue weighted by Gasteiger charge is 2.39. The third-order valence-corrected chi connectivity index (χ3v) is 7.12. The molecule has 2 aliphatic heterocycles. The van der Waals surface area contributed by atoms with Gasteiger partial charge < -0.3 is 24.3 Å². The molecule has 0 spiro atoms. The number of piperidine rings is 1. The van der Waals surface area contributed by atoms with Crippen molar-refractivity contribution in [2.45, 2.75) is 38.4 Å². The molecule has 2 aliphatic rings. The number of carbonyl (C=O) groups is 1. The molecule has 1 N–H and O–H groups in total. The maximum absolute atomic E-state index is 11.0. The zero-order valence-corrected chi connectivity index (χ0v) is 21.6. The van der Waals surface area contributed by atoms with Crippen LogP contribution in [-0.2, 0) is 16.1 Å². The SMILES string of the molecule is CO/N=C1/OC[C@@H](c2ccccc2)N1C1CCN(Cc2ccc(Oc3ccc(C(=O)O)cc3)nc2C)CC1. The molecule has 0 aliphatic carbocycles. The van der Waals surface area contributed by atoms with Crippen molar-refractivity contribution >= 4 is 12.0 Å². The van der Waals surface area contributed by atoms with Gasteiger partial charge in [-0.15, -0.1) is 0 Å². The first kappa shape index (κ1) is 25.5. The number of aromatic nitrogens is 1. The Morgan fingerprint density at radius 1 is 1.08 bits per heavy atom. The first-order valence-electron chi connectivity index (χ1n) is 12.8. The van der Waals surface area contributed by atoms with Crippen molar-refractivity contribution in [3.63, 3.8) is 0 Å². The Bertz CT molecular complexity index is 1270. The third kappa shape index (κ3) is 5.73. The monoisotopic (exact) mass is 516 g/mol. The van der Waals surface area contributed by atoms with Gasteiger partial charge in [-0.1, -0.05) is 36.4 Å². The van der Waals surface area contributed by atoms with Crippen molar-refractivity contribution in [2.75, 3.05) is 26.8 Å². The first-order valence-corrected chi connectivity index (χ1v) is 12.8. The number of carboxylic acids is 1. The van der Waals surface area contributed by atoms with Gasteiger partial charge in [-0.3, -0.25) is 4.90 Å². The van der Waals surface area contributed by atoms with Gasteiger partial charge in [-0.05, 0) is 60.3 Å². The molecule has 38 heavy (non-hydrogen) atoms. The lowest BCUT2D eigenvalue weighted by molar-refractivity contribution is 0.0697. The average Bonchev–Trinajstić information content (AvgIpc) is 3.35. The van der Waals surface area contributed by atoms with Crippen LogP contribution in [0.15, 0.2) is 71.9 Å². The van der Waals surface area contributed by atoms with Crippen LogP contribution >= 0.6 is 0 Å². The molecule has 3 aromatic rings. The minimum Gasteiger partial charge on any atom is -0.478 e. The molecule has 2 saturated heterocycles. The Balaban J connectivity index is 1.20. The summed E-state index contributed by atoms with van der Waals surface area (Å²) >= 11 is 0. The van der Waals surface area contributed by atoms with Crippen LogP contribution in [-0.4, -0.2) is 64.7 Å². The molecule has 0 amide bonds. The summed E-state index contributed by atoms with van der Waals surface area (Å²) in [6, 6.07) is 21.6. The van der Waals surface area contributed by atoms with Crippen molar-refractivity contribution in [2.24, 2.45) is 5.16 Å². The number of hydrogen-bond acceptors (Lipinski definition) is 7. The number of ether oxygens (including phenoxy) is 2. The molecule has 2 aromatic carbocycles. The topological polar surface area (TPSA) is 96.7 Å². The fourth-order valence-corrected chi connectivity index (χ4v) is 5.11. The van der Waals surface area contributed by atoms with Gasteiger partial charge in [0.15, 0.2) is 0 Å². The molecular weight excluding hydrogens is 484 g/mol. The van der Waals surface area contributed by atoms with Crippen LogP contribution in [0.25, 0.3) is 0 Å². The van der Waals surface area contributed by atoms with Gasteiger partial charge in [0.05, 0.1) is 11.6 Å². The lowest BCUT2D eigenvalue weighted by Gasteiger charge is -2.38. The molecule has 0 radical (unpaired) electrons. The summed E-state index contributed by atoms with van der Waals surface area (Å²) in [6.07, 6.45) is 1.99. The van der Waals surface area contributed by atoms with E-state index in [0.717, 1.165) is 43.7 Å². The molecule has 0 bridgehead atoms. The highest BCUT2D eigenvalue weighted by atomic mass is 16.6. The summed E-state index contributed by atoms with van der Waals surface area (Å²) < 4.78 is 11.8. The van der Waals surface area contributed by atoms with E-state index in [2.05, 4.69) is 50.3 Å². The predicted octanol–water partition coefficient (Wildman–Crippen LogP) is 4.84. The summed E-state index contributed by atoms with van der Waals surface area (Å²) in [5.74, 6) is 0.0685. The molecule has 3 heterocycles. The van der Waals surface area contributed by atoms with Crippen LogP contribution < -0.4 is 4.74 Å². The van der Waals surface area contributed by atoms with Crippen LogP contribution in [0, 0.1) is 6.92 Å². The van der Waals surface area contributed by atoms with E-state index >= 15 is 0 Å². The van der Waals surface area contributed by atoms with Gasteiger partial charge in [0.1, 0.15) is 19.5 Å². The van der Waals surface area contributed by atoms with Crippen LogP contribution in [0.1, 0.15) is 46.1 Å². The van der Waals surface area contributed by atoms with Gasteiger partial charge in [-0.2, -0.15) is 0 Å².